The fourth-order valence-electron chi connectivity index (χ4n) is 4.39. The highest BCUT2D eigenvalue weighted by molar-refractivity contribution is 7.89. The monoisotopic (exact) mass is 442 g/mol. The van der Waals surface area contributed by atoms with E-state index >= 15 is 0 Å². The van der Waals surface area contributed by atoms with Crippen molar-refractivity contribution in [3.8, 4) is 11.6 Å². The molecule has 2 heterocycles. The molecule has 9 heteroatoms. The van der Waals surface area contributed by atoms with Gasteiger partial charge in [-0.1, -0.05) is 6.58 Å². The standard InChI is InChI=1S/C22H26N4O4S/c1-3-20(27)25-17-9-12-26(22(13-17)10-4-11-22)31(28,29)19-7-5-18(6-8-19)30-21-15-23-14-16(2)24-21/h3,5-8,14-15,17H,1,4,9-13H2,2H3,(H,25,27). The number of amides is 1. The zero-order chi connectivity index (χ0) is 22.1. The molecule has 2 aliphatic rings. The van der Waals surface area contributed by atoms with Crippen LogP contribution in [0.1, 0.15) is 37.8 Å². The molecule has 1 amide bonds. The Kier molecular flexibility index (Phi) is 5.81. The van der Waals surface area contributed by atoms with Crippen LogP contribution in [0.3, 0.4) is 0 Å². The molecule has 31 heavy (non-hydrogen) atoms. The third kappa shape index (κ3) is 4.33. The summed E-state index contributed by atoms with van der Waals surface area (Å²) in [6.45, 7) is 5.69. The smallest absolute Gasteiger partial charge is 0.243 e. The van der Waals surface area contributed by atoms with Crippen molar-refractivity contribution in [1.82, 2.24) is 19.6 Å². The predicted molar refractivity (Wildman–Crippen MR) is 115 cm³/mol. The largest absolute Gasteiger partial charge is 0.437 e. The SMILES string of the molecule is C=CC(=O)NC1CCN(S(=O)(=O)c2ccc(Oc3cncc(C)n3)cc2)C2(CCC2)C1. The Labute approximate surface area is 182 Å². The number of aryl methyl sites for hydroxylation is 1. The van der Waals surface area contributed by atoms with Gasteiger partial charge in [-0.15, -0.1) is 0 Å². The molecule has 1 atom stereocenters. The van der Waals surface area contributed by atoms with Gasteiger partial charge in [-0.05, 0) is 69.4 Å². The van der Waals surface area contributed by atoms with Crippen LogP contribution in [0.15, 0.2) is 54.2 Å². The summed E-state index contributed by atoms with van der Waals surface area (Å²) in [5.74, 6) is 0.625. The van der Waals surface area contributed by atoms with E-state index in [4.69, 9.17) is 4.74 Å². The first-order valence-electron chi connectivity index (χ1n) is 10.3. The minimum absolute atomic E-state index is 0.0385. The lowest BCUT2D eigenvalue weighted by molar-refractivity contribution is -0.117. The van der Waals surface area contributed by atoms with Gasteiger partial charge in [-0.2, -0.15) is 4.31 Å². The maximum Gasteiger partial charge on any atom is 0.243 e. The van der Waals surface area contributed by atoms with Crippen LogP contribution >= 0.6 is 0 Å². The zero-order valence-corrected chi connectivity index (χ0v) is 18.3. The van der Waals surface area contributed by atoms with Crippen LogP contribution in [0, 0.1) is 6.92 Å². The van der Waals surface area contributed by atoms with Gasteiger partial charge >= 0.3 is 0 Å². The summed E-state index contributed by atoms with van der Waals surface area (Å²) >= 11 is 0. The number of sulfonamides is 1. The number of hydrogen-bond acceptors (Lipinski definition) is 6. The van der Waals surface area contributed by atoms with Crippen molar-refractivity contribution in [2.24, 2.45) is 0 Å². The normalized spacial score (nSPS) is 20.6. The van der Waals surface area contributed by atoms with E-state index in [9.17, 15) is 13.2 Å². The first-order valence-corrected chi connectivity index (χ1v) is 11.8. The maximum atomic E-state index is 13.5. The molecule has 1 saturated carbocycles. The van der Waals surface area contributed by atoms with Crippen molar-refractivity contribution in [3.63, 3.8) is 0 Å². The van der Waals surface area contributed by atoms with Crippen LogP contribution in [0.2, 0.25) is 0 Å². The Bertz CT molecular complexity index is 1080. The van der Waals surface area contributed by atoms with E-state index in [-0.39, 0.29) is 16.8 Å². The molecule has 1 saturated heterocycles. The summed E-state index contributed by atoms with van der Waals surface area (Å²) in [7, 11) is -3.67. The second kappa shape index (κ2) is 8.39. The van der Waals surface area contributed by atoms with E-state index in [2.05, 4.69) is 21.9 Å². The van der Waals surface area contributed by atoms with Crippen LogP contribution in [0.25, 0.3) is 0 Å². The number of carbonyl (C=O) groups is 1. The Morgan fingerprint density at radius 2 is 2.03 bits per heavy atom. The quantitative estimate of drug-likeness (QED) is 0.690. The third-order valence-corrected chi connectivity index (χ3v) is 8.04. The highest BCUT2D eigenvalue weighted by atomic mass is 32.2. The zero-order valence-electron chi connectivity index (χ0n) is 17.5. The Hall–Kier alpha value is -2.78. The third-order valence-electron chi connectivity index (χ3n) is 6.02. The molecular weight excluding hydrogens is 416 g/mol. The topological polar surface area (TPSA) is 101 Å². The van der Waals surface area contributed by atoms with E-state index < -0.39 is 15.6 Å². The van der Waals surface area contributed by atoms with E-state index in [0.29, 0.717) is 31.0 Å². The number of benzene rings is 1. The molecule has 8 nitrogen and oxygen atoms in total. The molecule has 1 unspecified atom stereocenters. The van der Waals surface area contributed by atoms with Gasteiger partial charge < -0.3 is 10.1 Å². The van der Waals surface area contributed by atoms with Crippen LogP contribution in [0.4, 0.5) is 0 Å². The van der Waals surface area contributed by atoms with Crippen LogP contribution < -0.4 is 10.1 Å². The summed E-state index contributed by atoms with van der Waals surface area (Å²) in [6.07, 6.45) is 8.19. The fraction of sp³-hybridized carbons (Fsp3) is 0.409. The van der Waals surface area contributed by atoms with Crippen molar-refractivity contribution < 1.29 is 17.9 Å². The highest BCUT2D eigenvalue weighted by Crippen LogP contribution is 2.47. The Morgan fingerprint density at radius 1 is 1.29 bits per heavy atom. The van der Waals surface area contributed by atoms with Crippen molar-refractivity contribution in [2.75, 3.05) is 6.54 Å². The molecule has 4 rings (SSSR count). The maximum absolute atomic E-state index is 13.5. The van der Waals surface area contributed by atoms with Crippen molar-refractivity contribution in [3.05, 3.63) is 55.0 Å². The van der Waals surface area contributed by atoms with Gasteiger partial charge in [-0.3, -0.25) is 9.78 Å². The molecule has 1 aromatic heterocycles. The van der Waals surface area contributed by atoms with Crippen LogP contribution in [-0.2, 0) is 14.8 Å². The second-order valence-electron chi connectivity index (χ2n) is 8.13. The van der Waals surface area contributed by atoms with E-state index in [1.165, 1.54) is 12.3 Å². The number of rotatable bonds is 6. The van der Waals surface area contributed by atoms with Gasteiger partial charge in [0.05, 0.1) is 16.8 Å². The number of hydrogen-bond donors (Lipinski definition) is 1. The number of aromatic nitrogens is 2. The van der Waals surface area contributed by atoms with Crippen molar-refractivity contribution in [2.45, 2.75) is 55.5 Å². The number of nitrogens with zero attached hydrogens (tertiary/aromatic N) is 3. The number of ether oxygens (including phenoxy) is 1. The number of piperidine rings is 1. The molecule has 1 aliphatic carbocycles. The molecular formula is C22H26N4O4S. The summed E-state index contributed by atoms with van der Waals surface area (Å²) < 4.78 is 34.2. The molecule has 2 aromatic rings. The fourth-order valence-corrected chi connectivity index (χ4v) is 6.23. The number of carbonyl (C=O) groups excluding carboxylic acids is 1. The van der Waals surface area contributed by atoms with Crippen molar-refractivity contribution >= 4 is 15.9 Å². The first kappa shape index (κ1) is 21.5. The molecule has 1 aliphatic heterocycles. The van der Waals surface area contributed by atoms with Gasteiger partial charge in [0.25, 0.3) is 0 Å². The molecule has 0 radical (unpaired) electrons. The van der Waals surface area contributed by atoms with Crippen LogP contribution in [0.5, 0.6) is 11.6 Å². The van der Waals surface area contributed by atoms with E-state index in [1.54, 1.807) is 34.8 Å². The minimum atomic E-state index is -3.67. The Balaban J connectivity index is 1.51. The minimum Gasteiger partial charge on any atom is -0.437 e. The van der Waals surface area contributed by atoms with E-state index in [0.717, 1.165) is 25.0 Å². The lowest BCUT2D eigenvalue weighted by Gasteiger charge is -2.54. The lowest BCUT2D eigenvalue weighted by Crippen LogP contribution is -2.63. The van der Waals surface area contributed by atoms with Gasteiger partial charge in [0.1, 0.15) is 5.75 Å². The average Bonchev–Trinajstić information content (AvgIpc) is 2.72. The average molecular weight is 443 g/mol. The van der Waals surface area contributed by atoms with Gasteiger partial charge in [0.2, 0.25) is 21.8 Å². The summed E-state index contributed by atoms with van der Waals surface area (Å²) in [5, 5.41) is 2.93. The first-order chi connectivity index (χ1) is 14.8. The predicted octanol–water partition coefficient (Wildman–Crippen LogP) is 2.96. The van der Waals surface area contributed by atoms with E-state index in [1.807, 2.05) is 6.92 Å². The molecule has 2 fully saturated rings. The van der Waals surface area contributed by atoms with Gasteiger partial charge in [0.15, 0.2) is 0 Å². The van der Waals surface area contributed by atoms with Gasteiger partial charge in [-0.25, -0.2) is 13.4 Å². The lowest BCUT2D eigenvalue weighted by atomic mass is 9.70. The number of nitrogens with one attached hydrogen (secondary N) is 1. The van der Waals surface area contributed by atoms with Crippen molar-refractivity contribution in [1.29, 1.82) is 0 Å². The van der Waals surface area contributed by atoms with Gasteiger partial charge in [0, 0.05) is 24.3 Å². The molecule has 1 aromatic carbocycles. The highest BCUT2D eigenvalue weighted by Gasteiger charge is 2.51. The van der Waals surface area contributed by atoms with Crippen LogP contribution in [-0.4, -0.2) is 46.7 Å². The molecule has 164 valence electrons. The summed E-state index contributed by atoms with van der Waals surface area (Å²) in [4.78, 5) is 20.2. The molecule has 0 bridgehead atoms. The Morgan fingerprint density at radius 3 is 2.65 bits per heavy atom. The summed E-state index contributed by atoms with van der Waals surface area (Å²) in [6, 6.07) is 6.34. The summed E-state index contributed by atoms with van der Waals surface area (Å²) in [5.41, 5.74) is 0.304. The molecule has 1 spiro atoms. The second-order valence-corrected chi connectivity index (χ2v) is 9.99. The molecule has 1 N–H and O–H groups in total.